The molecule has 0 radical (unpaired) electrons. The fraction of sp³-hybridized carbons (Fsp3) is 0.286. The lowest BCUT2D eigenvalue weighted by Crippen LogP contribution is -2.14. The van der Waals surface area contributed by atoms with E-state index in [-0.39, 0.29) is 5.91 Å². The maximum absolute atomic E-state index is 12.3. The molecule has 0 unspecified atom stereocenters. The van der Waals surface area contributed by atoms with Gasteiger partial charge in [0.1, 0.15) is 5.75 Å². The molecule has 1 heterocycles. The minimum Gasteiger partial charge on any atom is -0.496 e. The van der Waals surface area contributed by atoms with Crippen LogP contribution >= 0.6 is 0 Å². The Morgan fingerprint density at radius 3 is 2.24 bits per heavy atom. The molecule has 2 rings (SSSR count). The molecule has 0 saturated heterocycles. The Bertz CT molecular complexity index is 652. The van der Waals surface area contributed by atoms with E-state index in [0.29, 0.717) is 28.6 Å². The van der Waals surface area contributed by atoms with E-state index in [0.717, 1.165) is 0 Å². The molecule has 7 heteroatoms. The van der Waals surface area contributed by atoms with E-state index in [9.17, 15) is 4.79 Å². The van der Waals surface area contributed by atoms with E-state index in [1.807, 2.05) is 0 Å². The summed E-state index contributed by atoms with van der Waals surface area (Å²) in [5.74, 6) is 1.44. The van der Waals surface area contributed by atoms with Gasteiger partial charge in [-0.3, -0.25) is 9.48 Å². The molecule has 1 amide bonds. The van der Waals surface area contributed by atoms with E-state index in [1.165, 1.54) is 21.3 Å². The first kappa shape index (κ1) is 14.7. The fourth-order valence-corrected chi connectivity index (χ4v) is 1.87. The summed E-state index contributed by atoms with van der Waals surface area (Å²) >= 11 is 0. The first-order chi connectivity index (χ1) is 10.1. The second-order valence-electron chi connectivity index (χ2n) is 4.24. The van der Waals surface area contributed by atoms with Crippen molar-refractivity contribution in [2.24, 2.45) is 7.05 Å². The number of hydrogen-bond acceptors (Lipinski definition) is 5. The van der Waals surface area contributed by atoms with Crippen LogP contribution in [0, 0.1) is 0 Å². The Hall–Kier alpha value is -2.70. The molecule has 2 aromatic rings. The number of carbonyl (C=O) groups is 1. The maximum Gasteiger partial charge on any atom is 0.260 e. The maximum atomic E-state index is 12.3. The molecular weight excluding hydrogens is 274 g/mol. The van der Waals surface area contributed by atoms with Crippen molar-refractivity contribution in [1.29, 1.82) is 0 Å². The van der Waals surface area contributed by atoms with E-state index in [1.54, 1.807) is 36.1 Å². The third kappa shape index (κ3) is 3.07. The zero-order valence-corrected chi connectivity index (χ0v) is 12.3. The number of nitrogens with zero attached hydrogens (tertiary/aromatic N) is 2. The quantitative estimate of drug-likeness (QED) is 0.907. The van der Waals surface area contributed by atoms with Crippen LogP contribution < -0.4 is 19.5 Å². The van der Waals surface area contributed by atoms with Gasteiger partial charge in [0.25, 0.3) is 5.91 Å². The van der Waals surface area contributed by atoms with Crippen LogP contribution in [0.4, 0.5) is 5.82 Å². The molecule has 1 aromatic carbocycles. The zero-order chi connectivity index (χ0) is 15.4. The van der Waals surface area contributed by atoms with Crippen LogP contribution in [-0.2, 0) is 7.05 Å². The lowest BCUT2D eigenvalue weighted by atomic mass is 10.1. The molecule has 1 N–H and O–H groups in total. The number of ether oxygens (including phenoxy) is 3. The number of amides is 1. The van der Waals surface area contributed by atoms with Crippen molar-refractivity contribution in [3.63, 3.8) is 0 Å². The number of anilines is 1. The summed E-state index contributed by atoms with van der Waals surface area (Å²) in [6.45, 7) is 0. The molecule has 0 fully saturated rings. The van der Waals surface area contributed by atoms with Crippen molar-refractivity contribution in [1.82, 2.24) is 9.78 Å². The number of aromatic nitrogens is 2. The van der Waals surface area contributed by atoms with Gasteiger partial charge in [-0.25, -0.2) is 0 Å². The molecule has 21 heavy (non-hydrogen) atoms. The van der Waals surface area contributed by atoms with Gasteiger partial charge in [0.2, 0.25) is 0 Å². The molecule has 0 spiro atoms. The van der Waals surface area contributed by atoms with E-state index >= 15 is 0 Å². The number of carbonyl (C=O) groups excluding carboxylic acids is 1. The van der Waals surface area contributed by atoms with Gasteiger partial charge in [-0.15, -0.1) is 0 Å². The highest BCUT2D eigenvalue weighted by Gasteiger charge is 2.18. The Morgan fingerprint density at radius 1 is 1.10 bits per heavy atom. The highest BCUT2D eigenvalue weighted by molar-refractivity contribution is 6.06. The van der Waals surface area contributed by atoms with Crippen LogP contribution in [0.5, 0.6) is 17.2 Å². The summed E-state index contributed by atoms with van der Waals surface area (Å²) in [6.07, 6.45) is 1.74. The number of hydrogen-bond donors (Lipinski definition) is 1. The molecule has 112 valence electrons. The summed E-state index contributed by atoms with van der Waals surface area (Å²) in [7, 11) is 6.28. The predicted octanol–water partition coefficient (Wildman–Crippen LogP) is 1.70. The van der Waals surface area contributed by atoms with Crippen LogP contribution in [-0.4, -0.2) is 37.0 Å². The average Bonchev–Trinajstić information content (AvgIpc) is 2.90. The molecule has 0 saturated carbocycles. The first-order valence-corrected chi connectivity index (χ1v) is 6.20. The third-order valence-corrected chi connectivity index (χ3v) is 2.91. The van der Waals surface area contributed by atoms with E-state index < -0.39 is 0 Å². The molecule has 0 aliphatic rings. The SMILES string of the molecule is COc1cc(OC)c(C(=O)Nc2ccn(C)n2)cc1OC. The molecule has 0 atom stereocenters. The zero-order valence-electron chi connectivity index (χ0n) is 12.3. The van der Waals surface area contributed by atoms with Crippen molar-refractivity contribution in [3.8, 4) is 17.2 Å². The summed E-state index contributed by atoms with van der Waals surface area (Å²) < 4.78 is 17.2. The van der Waals surface area contributed by atoms with Crippen molar-refractivity contribution in [2.75, 3.05) is 26.6 Å². The predicted molar refractivity (Wildman–Crippen MR) is 77.3 cm³/mol. The van der Waals surface area contributed by atoms with E-state index in [2.05, 4.69) is 10.4 Å². The van der Waals surface area contributed by atoms with Crippen molar-refractivity contribution >= 4 is 11.7 Å². The lowest BCUT2D eigenvalue weighted by Gasteiger charge is -2.13. The molecule has 1 aromatic heterocycles. The monoisotopic (exact) mass is 291 g/mol. The summed E-state index contributed by atoms with van der Waals surface area (Å²) in [5, 5.41) is 6.79. The average molecular weight is 291 g/mol. The van der Waals surface area contributed by atoms with Crippen LogP contribution in [0.3, 0.4) is 0 Å². The third-order valence-electron chi connectivity index (χ3n) is 2.91. The van der Waals surface area contributed by atoms with Crippen molar-refractivity contribution in [3.05, 3.63) is 30.0 Å². The summed E-state index contributed by atoms with van der Waals surface area (Å²) in [6, 6.07) is 4.87. The number of benzene rings is 1. The van der Waals surface area contributed by atoms with Gasteiger partial charge in [0.15, 0.2) is 17.3 Å². The van der Waals surface area contributed by atoms with Gasteiger partial charge in [0, 0.05) is 31.4 Å². The van der Waals surface area contributed by atoms with E-state index in [4.69, 9.17) is 14.2 Å². The van der Waals surface area contributed by atoms with Gasteiger partial charge in [-0.05, 0) is 0 Å². The Morgan fingerprint density at radius 2 is 1.71 bits per heavy atom. The Labute approximate surface area is 122 Å². The molecule has 0 aliphatic carbocycles. The normalized spacial score (nSPS) is 10.1. The second kappa shape index (κ2) is 6.17. The lowest BCUT2D eigenvalue weighted by molar-refractivity contribution is 0.102. The molecule has 0 aliphatic heterocycles. The summed E-state index contributed by atoms with van der Waals surface area (Å²) in [4.78, 5) is 12.3. The van der Waals surface area contributed by atoms with Crippen LogP contribution in [0.1, 0.15) is 10.4 Å². The van der Waals surface area contributed by atoms with Gasteiger partial charge in [0.05, 0.1) is 26.9 Å². The van der Waals surface area contributed by atoms with Crippen molar-refractivity contribution < 1.29 is 19.0 Å². The van der Waals surface area contributed by atoms with Crippen LogP contribution in [0.15, 0.2) is 24.4 Å². The first-order valence-electron chi connectivity index (χ1n) is 6.20. The van der Waals surface area contributed by atoms with Crippen LogP contribution in [0.25, 0.3) is 0 Å². The highest BCUT2D eigenvalue weighted by Crippen LogP contribution is 2.34. The number of aryl methyl sites for hydroxylation is 1. The molecular formula is C14H17N3O4. The van der Waals surface area contributed by atoms with Gasteiger partial charge in [-0.1, -0.05) is 0 Å². The van der Waals surface area contributed by atoms with Gasteiger partial charge < -0.3 is 19.5 Å². The Kier molecular flexibility index (Phi) is 4.32. The smallest absolute Gasteiger partial charge is 0.260 e. The number of nitrogens with one attached hydrogen (secondary N) is 1. The van der Waals surface area contributed by atoms with Crippen molar-refractivity contribution in [2.45, 2.75) is 0 Å². The standard InChI is InChI=1S/C14H17N3O4/c1-17-6-5-13(16-17)15-14(18)9-7-11(20-3)12(21-4)8-10(9)19-2/h5-8H,1-4H3,(H,15,16,18). The second-order valence-corrected chi connectivity index (χ2v) is 4.24. The largest absolute Gasteiger partial charge is 0.496 e. The minimum atomic E-state index is -0.341. The van der Waals surface area contributed by atoms with Gasteiger partial charge >= 0.3 is 0 Å². The Balaban J connectivity index is 2.34. The molecule has 0 bridgehead atoms. The van der Waals surface area contributed by atoms with Crippen LogP contribution in [0.2, 0.25) is 0 Å². The minimum absolute atomic E-state index is 0.334. The number of methoxy groups -OCH3 is 3. The fourth-order valence-electron chi connectivity index (χ4n) is 1.87. The van der Waals surface area contributed by atoms with Gasteiger partial charge in [-0.2, -0.15) is 5.10 Å². The highest BCUT2D eigenvalue weighted by atomic mass is 16.5. The number of rotatable bonds is 5. The summed E-state index contributed by atoms with van der Waals surface area (Å²) in [5.41, 5.74) is 0.334. The molecule has 7 nitrogen and oxygen atoms in total. The topological polar surface area (TPSA) is 74.6 Å².